The van der Waals surface area contributed by atoms with Gasteiger partial charge in [-0.25, -0.2) is 4.98 Å². The van der Waals surface area contributed by atoms with Gasteiger partial charge < -0.3 is 0 Å². The average Bonchev–Trinajstić information content (AvgIpc) is 2.98. The molecule has 0 aliphatic carbocycles. The highest BCUT2D eigenvalue weighted by molar-refractivity contribution is 5.67. The Morgan fingerprint density at radius 2 is 1.85 bits per heavy atom. The lowest BCUT2D eigenvalue weighted by Gasteiger charge is -2.05. The number of hydrogen-bond acceptors (Lipinski definition) is 4. The second-order valence-electron chi connectivity index (χ2n) is 6.06. The fraction of sp³-hybridized carbons (Fsp3) is 0.100. The van der Waals surface area contributed by atoms with Gasteiger partial charge in [-0.3, -0.25) is 19.4 Å². The molecule has 4 heterocycles. The smallest absolute Gasteiger partial charge is 0.267 e. The number of hydrogen-bond donors (Lipinski definition) is 0. The summed E-state index contributed by atoms with van der Waals surface area (Å²) in [5.74, 6) is 0. The molecule has 0 aliphatic heterocycles. The largest absolute Gasteiger partial charge is 0.273 e. The van der Waals surface area contributed by atoms with E-state index in [9.17, 15) is 4.79 Å². The molecule has 0 spiro atoms. The molecular formula is C20H17N5O. The van der Waals surface area contributed by atoms with Crippen molar-refractivity contribution in [2.24, 2.45) is 0 Å². The Bertz CT molecular complexity index is 1170. The van der Waals surface area contributed by atoms with Crippen LogP contribution in [-0.4, -0.2) is 24.1 Å². The van der Waals surface area contributed by atoms with Gasteiger partial charge in [-0.15, -0.1) is 0 Å². The number of rotatable bonds is 3. The van der Waals surface area contributed by atoms with Crippen LogP contribution in [0.1, 0.15) is 22.6 Å². The molecule has 0 saturated heterocycles. The molecule has 0 radical (unpaired) electrons. The van der Waals surface area contributed by atoms with E-state index in [1.54, 1.807) is 21.6 Å². The van der Waals surface area contributed by atoms with Crippen molar-refractivity contribution < 1.29 is 0 Å². The van der Waals surface area contributed by atoms with Gasteiger partial charge in [0.15, 0.2) is 5.65 Å². The third-order valence-corrected chi connectivity index (χ3v) is 4.05. The molecule has 0 bridgehead atoms. The van der Waals surface area contributed by atoms with Gasteiger partial charge in [0.1, 0.15) is 0 Å². The van der Waals surface area contributed by atoms with Crippen molar-refractivity contribution in [3.8, 4) is 5.69 Å². The zero-order valence-electron chi connectivity index (χ0n) is 14.5. The number of pyridine rings is 2. The molecule has 0 fully saturated rings. The Hall–Kier alpha value is -3.54. The van der Waals surface area contributed by atoms with Crippen LogP contribution in [-0.2, 0) is 0 Å². The van der Waals surface area contributed by atoms with Gasteiger partial charge in [-0.05, 0) is 50.3 Å². The van der Waals surface area contributed by atoms with Crippen molar-refractivity contribution in [1.29, 1.82) is 0 Å². The Kier molecular flexibility index (Phi) is 3.93. The topological polar surface area (TPSA) is 65.1 Å². The first-order valence-corrected chi connectivity index (χ1v) is 8.26. The molecule has 4 rings (SSSR count). The van der Waals surface area contributed by atoms with Crippen molar-refractivity contribution in [2.45, 2.75) is 13.8 Å². The van der Waals surface area contributed by atoms with E-state index in [0.29, 0.717) is 11.3 Å². The van der Waals surface area contributed by atoms with Gasteiger partial charge in [0, 0.05) is 29.7 Å². The standard InChI is InChI=1S/C20H17N5O/c1-14-13-24(18-7-4-10-21-12-18)25-19(26)11-17(23-20(14)25)9-8-16-6-3-5-15(2)22-16/h3-13H,1-2H3. The van der Waals surface area contributed by atoms with Crippen LogP contribution in [0.3, 0.4) is 0 Å². The number of aryl methyl sites for hydroxylation is 2. The molecular weight excluding hydrogens is 326 g/mol. The van der Waals surface area contributed by atoms with Gasteiger partial charge in [0.25, 0.3) is 5.56 Å². The molecule has 0 saturated carbocycles. The summed E-state index contributed by atoms with van der Waals surface area (Å²) in [6.45, 7) is 3.88. The van der Waals surface area contributed by atoms with Gasteiger partial charge >= 0.3 is 0 Å². The monoisotopic (exact) mass is 343 g/mol. The molecule has 0 aliphatic rings. The lowest BCUT2D eigenvalue weighted by molar-refractivity contribution is 0.760. The zero-order chi connectivity index (χ0) is 18.1. The zero-order valence-corrected chi connectivity index (χ0v) is 14.5. The second kappa shape index (κ2) is 6.40. The van der Waals surface area contributed by atoms with Crippen LogP contribution in [0.25, 0.3) is 23.5 Å². The van der Waals surface area contributed by atoms with Gasteiger partial charge in [-0.1, -0.05) is 6.07 Å². The van der Waals surface area contributed by atoms with Crippen molar-refractivity contribution in [3.05, 3.63) is 88.0 Å². The minimum atomic E-state index is -0.149. The molecule has 128 valence electrons. The molecule has 6 nitrogen and oxygen atoms in total. The van der Waals surface area contributed by atoms with Crippen LogP contribution in [0.5, 0.6) is 0 Å². The van der Waals surface area contributed by atoms with E-state index in [-0.39, 0.29) is 5.56 Å². The van der Waals surface area contributed by atoms with E-state index in [1.165, 1.54) is 6.07 Å². The summed E-state index contributed by atoms with van der Waals surface area (Å²) in [6.07, 6.45) is 8.97. The molecule has 0 aromatic carbocycles. The predicted octanol–water partition coefficient (Wildman–Crippen LogP) is 3.06. The molecule has 0 amide bonds. The summed E-state index contributed by atoms with van der Waals surface area (Å²) < 4.78 is 3.32. The van der Waals surface area contributed by atoms with E-state index >= 15 is 0 Å². The molecule has 4 aromatic heterocycles. The summed E-state index contributed by atoms with van der Waals surface area (Å²) in [4.78, 5) is 25.9. The number of fused-ring (bicyclic) bond motifs is 1. The highest BCUT2D eigenvalue weighted by Crippen LogP contribution is 2.14. The van der Waals surface area contributed by atoms with Crippen LogP contribution >= 0.6 is 0 Å². The molecule has 0 atom stereocenters. The highest BCUT2D eigenvalue weighted by atomic mass is 16.1. The Balaban J connectivity index is 1.81. The third-order valence-electron chi connectivity index (χ3n) is 4.05. The summed E-state index contributed by atoms with van der Waals surface area (Å²) in [5.41, 5.74) is 4.57. The van der Waals surface area contributed by atoms with Crippen LogP contribution in [0.4, 0.5) is 0 Å². The first-order valence-electron chi connectivity index (χ1n) is 8.26. The van der Waals surface area contributed by atoms with Crippen LogP contribution < -0.4 is 5.56 Å². The Labute approximate surface area is 150 Å². The van der Waals surface area contributed by atoms with E-state index in [2.05, 4.69) is 15.0 Å². The third kappa shape index (κ3) is 2.93. The second-order valence-corrected chi connectivity index (χ2v) is 6.06. The summed E-state index contributed by atoms with van der Waals surface area (Å²) in [7, 11) is 0. The first-order chi connectivity index (χ1) is 12.6. The van der Waals surface area contributed by atoms with E-state index in [0.717, 1.165) is 22.6 Å². The number of aromatic nitrogens is 5. The van der Waals surface area contributed by atoms with Crippen LogP contribution in [0, 0.1) is 13.8 Å². The van der Waals surface area contributed by atoms with Crippen molar-refractivity contribution in [2.75, 3.05) is 0 Å². The van der Waals surface area contributed by atoms with Gasteiger partial charge in [0.05, 0.1) is 23.3 Å². The van der Waals surface area contributed by atoms with Gasteiger partial charge in [0.2, 0.25) is 0 Å². The fourth-order valence-electron chi connectivity index (χ4n) is 2.85. The maximum Gasteiger partial charge on any atom is 0.273 e. The number of nitrogens with zero attached hydrogens (tertiary/aromatic N) is 5. The average molecular weight is 343 g/mol. The quantitative estimate of drug-likeness (QED) is 0.573. The van der Waals surface area contributed by atoms with Crippen molar-refractivity contribution in [1.82, 2.24) is 24.1 Å². The molecule has 6 heteroatoms. The maximum absolute atomic E-state index is 12.7. The molecule has 4 aromatic rings. The van der Waals surface area contributed by atoms with Crippen molar-refractivity contribution >= 4 is 17.8 Å². The molecule has 26 heavy (non-hydrogen) atoms. The van der Waals surface area contributed by atoms with E-state index in [4.69, 9.17) is 0 Å². The van der Waals surface area contributed by atoms with Crippen LogP contribution in [0.15, 0.2) is 59.8 Å². The highest BCUT2D eigenvalue weighted by Gasteiger charge is 2.11. The molecule has 0 unspecified atom stereocenters. The van der Waals surface area contributed by atoms with Crippen LogP contribution in [0.2, 0.25) is 0 Å². The minimum absolute atomic E-state index is 0.149. The van der Waals surface area contributed by atoms with E-state index in [1.807, 2.05) is 62.5 Å². The maximum atomic E-state index is 12.7. The van der Waals surface area contributed by atoms with Crippen molar-refractivity contribution in [3.63, 3.8) is 0 Å². The Morgan fingerprint density at radius 1 is 1.00 bits per heavy atom. The normalized spacial score (nSPS) is 11.5. The summed E-state index contributed by atoms with van der Waals surface area (Å²) in [6, 6.07) is 11.1. The summed E-state index contributed by atoms with van der Waals surface area (Å²) >= 11 is 0. The predicted molar refractivity (Wildman–Crippen MR) is 101 cm³/mol. The van der Waals surface area contributed by atoms with E-state index < -0.39 is 0 Å². The van der Waals surface area contributed by atoms with Gasteiger partial charge in [-0.2, -0.15) is 4.52 Å². The summed E-state index contributed by atoms with van der Waals surface area (Å²) in [5, 5.41) is 0. The minimum Gasteiger partial charge on any atom is -0.267 e. The Morgan fingerprint density at radius 3 is 2.62 bits per heavy atom. The lowest BCUT2D eigenvalue weighted by Crippen LogP contribution is -2.20. The lowest BCUT2D eigenvalue weighted by atomic mass is 10.2. The fourth-order valence-corrected chi connectivity index (χ4v) is 2.85. The SMILES string of the molecule is Cc1cccc(C=Cc2cc(=O)n3c(n2)c(C)cn3-c2cccnc2)n1. The first kappa shape index (κ1) is 16.0. The molecule has 0 N–H and O–H groups in total.